The van der Waals surface area contributed by atoms with Crippen LogP contribution in [-0.4, -0.2) is 52.4 Å². The minimum absolute atomic E-state index is 0.245. The molecule has 23 heavy (non-hydrogen) atoms. The number of hydrogen-bond acceptors (Lipinski definition) is 3. The van der Waals surface area contributed by atoms with Crippen LogP contribution in [0.4, 0.5) is 5.69 Å². The lowest BCUT2D eigenvalue weighted by Crippen LogP contribution is -2.51. The Kier molecular flexibility index (Phi) is 6.28. The van der Waals surface area contributed by atoms with Crippen LogP contribution in [-0.2, 0) is 4.74 Å². The van der Waals surface area contributed by atoms with E-state index < -0.39 is 0 Å². The van der Waals surface area contributed by atoms with Crippen molar-refractivity contribution in [1.82, 2.24) is 10.6 Å². The maximum absolute atomic E-state index is 5.28. The van der Waals surface area contributed by atoms with Gasteiger partial charge in [-0.2, -0.15) is 0 Å². The fourth-order valence-electron chi connectivity index (χ4n) is 2.67. The van der Waals surface area contributed by atoms with Crippen LogP contribution < -0.4 is 15.5 Å². The molecule has 1 aliphatic rings. The van der Waals surface area contributed by atoms with Crippen molar-refractivity contribution in [2.24, 2.45) is 10.4 Å². The van der Waals surface area contributed by atoms with Crippen molar-refractivity contribution in [2.75, 3.05) is 51.3 Å². The normalized spacial score (nSPS) is 16.6. The van der Waals surface area contributed by atoms with Crippen LogP contribution in [0.2, 0.25) is 0 Å². The molecular formula is C18H30N4O. The van der Waals surface area contributed by atoms with Crippen molar-refractivity contribution >= 4 is 11.6 Å². The molecule has 0 aromatic heterocycles. The largest absolute Gasteiger partial charge is 0.380 e. The van der Waals surface area contributed by atoms with Crippen molar-refractivity contribution in [2.45, 2.75) is 20.8 Å². The second kappa shape index (κ2) is 8.20. The van der Waals surface area contributed by atoms with E-state index in [2.05, 4.69) is 65.6 Å². The highest BCUT2D eigenvalue weighted by Crippen LogP contribution is 2.24. The molecule has 0 atom stereocenters. The van der Waals surface area contributed by atoms with E-state index in [9.17, 15) is 0 Å². The van der Waals surface area contributed by atoms with E-state index in [1.807, 2.05) is 7.05 Å². The molecule has 2 N–H and O–H groups in total. The van der Waals surface area contributed by atoms with Gasteiger partial charge in [0, 0.05) is 44.3 Å². The van der Waals surface area contributed by atoms with Crippen LogP contribution in [0.1, 0.15) is 19.4 Å². The number of guanidine groups is 1. The number of benzene rings is 1. The Bertz CT molecular complexity index is 526. The third-order valence-electron chi connectivity index (χ3n) is 4.23. The van der Waals surface area contributed by atoms with Gasteiger partial charge in [0.05, 0.1) is 13.2 Å². The van der Waals surface area contributed by atoms with Crippen LogP contribution >= 0.6 is 0 Å². The van der Waals surface area contributed by atoms with Gasteiger partial charge < -0.3 is 20.3 Å². The Balaban J connectivity index is 1.77. The molecule has 0 bridgehead atoms. The van der Waals surface area contributed by atoms with Crippen molar-refractivity contribution in [3.63, 3.8) is 0 Å². The molecule has 0 aliphatic carbocycles. The third-order valence-corrected chi connectivity index (χ3v) is 4.23. The quantitative estimate of drug-likeness (QED) is 0.596. The Morgan fingerprint density at radius 2 is 2.13 bits per heavy atom. The van der Waals surface area contributed by atoms with E-state index in [-0.39, 0.29) is 5.41 Å². The summed E-state index contributed by atoms with van der Waals surface area (Å²) in [6.45, 7) is 11.9. The van der Waals surface area contributed by atoms with Gasteiger partial charge in [-0.1, -0.05) is 19.1 Å². The van der Waals surface area contributed by atoms with Gasteiger partial charge in [-0.25, -0.2) is 0 Å². The predicted molar refractivity (Wildman–Crippen MR) is 97.4 cm³/mol. The van der Waals surface area contributed by atoms with Crippen molar-refractivity contribution in [3.8, 4) is 0 Å². The summed E-state index contributed by atoms with van der Waals surface area (Å²) in [4.78, 5) is 6.66. The van der Waals surface area contributed by atoms with Crippen LogP contribution in [0.3, 0.4) is 0 Å². The van der Waals surface area contributed by atoms with E-state index >= 15 is 0 Å². The van der Waals surface area contributed by atoms with Crippen molar-refractivity contribution in [3.05, 3.63) is 29.8 Å². The Labute approximate surface area is 140 Å². The zero-order chi connectivity index (χ0) is 16.7. The van der Waals surface area contributed by atoms with Crippen molar-refractivity contribution < 1.29 is 4.74 Å². The standard InChI is InChI=1S/C18H30N4O/c1-5-22(16-8-6-7-15(2)11-16)10-9-20-17(19-4)21-12-18(3)13-23-14-18/h6-8,11H,5,9-10,12-14H2,1-4H3,(H2,19,20,21). The molecule has 128 valence electrons. The Morgan fingerprint density at radius 1 is 1.35 bits per heavy atom. The topological polar surface area (TPSA) is 48.9 Å². The van der Waals surface area contributed by atoms with Crippen LogP contribution in [0, 0.1) is 12.3 Å². The molecular weight excluding hydrogens is 288 g/mol. The van der Waals surface area contributed by atoms with Gasteiger partial charge in [0.1, 0.15) is 0 Å². The number of nitrogens with one attached hydrogen (secondary N) is 2. The second-order valence-electron chi connectivity index (χ2n) is 6.57. The number of rotatable bonds is 7. The molecule has 1 aromatic carbocycles. The highest BCUT2D eigenvalue weighted by molar-refractivity contribution is 5.79. The molecule has 1 heterocycles. The molecule has 1 fully saturated rings. The number of ether oxygens (including phenoxy) is 1. The third kappa shape index (κ3) is 5.13. The molecule has 1 aromatic rings. The van der Waals surface area contributed by atoms with Gasteiger partial charge in [-0.15, -0.1) is 0 Å². The van der Waals surface area contributed by atoms with Gasteiger partial charge in [0.15, 0.2) is 5.96 Å². The summed E-state index contributed by atoms with van der Waals surface area (Å²) in [6, 6.07) is 8.64. The zero-order valence-electron chi connectivity index (χ0n) is 14.9. The van der Waals surface area contributed by atoms with E-state index in [4.69, 9.17) is 4.74 Å². The van der Waals surface area contributed by atoms with Gasteiger partial charge in [0.2, 0.25) is 0 Å². The summed E-state index contributed by atoms with van der Waals surface area (Å²) in [5, 5.41) is 6.79. The monoisotopic (exact) mass is 318 g/mol. The van der Waals surface area contributed by atoms with Crippen molar-refractivity contribution in [1.29, 1.82) is 0 Å². The zero-order valence-corrected chi connectivity index (χ0v) is 14.9. The first-order valence-electron chi connectivity index (χ1n) is 8.40. The van der Waals surface area contributed by atoms with E-state index in [1.54, 1.807) is 0 Å². The smallest absolute Gasteiger partial charge is 0.191 e. The first-order chi connectivity index (χ1) is 11.1. The van der Waals surface area contributed by atoms with Gasteiger partial charge in [-0.3, -0.25) is 4.99 Å². The maximum atomic E-state index is 5.28. The molecule has 0 spiro atoms. The van der Waals surface area contributed by atoms with E-state index in [0.717, 1.165) is 45.4 Å². The van der Waals surface area contributed by atoms with E-state index in [1.165, 1.54) is 11.3 Å². The minimum Gasteiger partial charge on any atom is -0.380 e. The van der Waals surface area contributed by atoms with Gasteiger partial charge in [0.25, 0.3) is 0 Å². The van der Waals surface area contributed by atoms with Crippen LogP contribution in [0.5, 0.6) is 0 Å². The van der Waals surface area contributed by atoms with Gasteiger partial charge in [-0.05, 0) is 31.5 Å². The highest BCUT2D eigenvalue weighted by Gasteiger charge is 2.33. The predicted octanol–water partition coefficient (Wildman–Crippen LogP) is 2.02. The lowest BCUT2D eigenvalue weighted by Gasteiger charge is -2.38. The number of nitrogens with zero attached hydrogens (tertiary/aromatic N) is 2. The summed E-state index contributed by atoms with van der Waals surface area (Å²) in [5.74, 6) is 0.860. The summed E-state index contributed by atoms with van der Waals surface area (Å²) >= 11 is 0. The Morgan fingerprint density at radius 3 is 2.70 bits per heavy atom. The molecule has 5 nitrogen and oxygen atoms in total. The minimum atomic E-state index is 0.245. The van der Waals surface area contributed by atoms with E-state index in [0.29, 0.717) is 0 Å². The molecule has 0 radical (unpaired) electrons. The highest BCUT2D eigenvalue weighted by atomic mass is 16.5. The molecule has 1 saturated heterocycles. The fraction of sp³-hybridized carbons (Fsp3) is 0.611. The average Bonchev–Trinajstić information content (AvgIpc) is 2.52. The number of anilines is 1. The first-order valence-corrected chi connectivity index (χ1v) is 8.40. The SMILES string of the molecule is CCN(CCNC(=NC)NCC1(C)COC1)c1cccc(C)c1. The summed E-state index contributed by atoms with van der Waals surface area (Å²) in [6.07, 6.45) is 0. The molecule has 1 aliphatic heterocycles. The van der Waals surface area contributed by atoms with Crippen LogP contribution in [0.15, 0.2) is 29.3 Å². The lowest BCUT2D eigenvalue weighted by atomic mass is 9.89. The molecule has 2 rings (SSSR count). The number of aryl methyl sites for hydroxylation is 1. The number of likely N-dealkylation sites (N-methyl/N-ethyl adjacent to an activating group) is 1. The molecule has 0 saturated carbocycles. The summed E-state index contributed by atoms with van der Waals surface area (Å²) in [5.41, 5.74) is 2.81. The summed E-state index contributed by atoms with van der Waals surface area (Å²) < 4.78 is 5.28. The average molecular weight is 318 g/mol. The molecule has 5 heteroatoms. The molecule has 0 unspecified atom stereocenters. The fourth-order valence-corrected chi connectivity index (χ4v) is 2.67. The Hall–Kier alpha value is -1.75. The summed E-state index contributed by atoms with van der Waals surface area (Å²) in [7, 11) is 1.81. The maximum Gasteiger partial charge on any atom is 0.191 e. The van der Waals surface area contributed by atoms with Crippen LogP contribution in [0.25, 0.3) is 0 Å². The second-order valence-corrected chi connectivity index (χ2v) is 6.57. The van der Waals surface area contributed by atoms with Gasteiger partial charge >= 0.3 is 0 Å². The number of hydrogen-bond donors (Lipinski definition) is 2. The number of aliphatic imine (C=N–C) groups is 1. The lowest BCUT2D eigenvalue weighted by molar-refractivity contribution is -0.0971. The molecule has 0 amide bonds. The first kappa shape index (κ1) is 17.6.